The van der Waals surface area contributed by atoms with Crippen LogP contribution < -0.4 is 5.32 Å². The molecule has 0 saturated carbocycles. The Balaban J connectivity index is 1.94. The largest absolute Gasteiger partial charge is 0.506 e. The lowest BCUT2D eigenvalue weighted by Crippen LogP contribution is -2.14. The maximum absolute atomic E-state index is 12.8. The maximum atomic E-state index is 12.8. The molecule has 1 atom stereocenters. The fraction of sp³-hybridized carbons (Fsp3) is 0.167. The number of carbonyl (C=O) groups is 1. The van der Waals surface area contributed by atoms with Crippen LogP contribution in [0.1, 0.15) is 44.1 Å². The van der Waals surface area contributed by atoms with Gasteiger partial charge in [0.15, 0.2) is 0 Å². The normalized spacial score (nSPS) is 11.6. The molecule has 0 aliphatic carbocycles. The number of benzene rings is 3. The molecule has 0 aliphatic rings. The molecule has 0 spiro atoms. The van der Waals surface area contributed by atoms with Gasteiger partial charge in [-0.05, 0) is 106 Å². The molecule has 3 rings (SSSR count). The van der Waals surface area contributed by atoms with Crippen molar-refractivity contribution in [2.75, 3.05) is 5.32 Å². The Morgan fingerprint density at radius 3 is 2.33 bits per heavy atom. The first-order valence-electron chi connectivity index (χ1n) is 9.28. The average Bonchev–Trinajstić information content (AvgIpc) is 2.70. The molecular formula is C24H20I2N2O2. The third kappa shape index (κ3) is 4.78. The van der Waals surface area contributed by atoms with Gasteiger partial charge >= 0.3 is 0 Å². The number of aryl methyl sites for hydroxylation is 3. The average molecular weight is 622 g/mol. The number of carbonyl (C=O) groups excluding carboxylic acids is 1. The summed E-state index contributed by atoms with van der Waals surface area (Å²) in [5.74, 6) is -0.770. The molecule has 6 heteroatoms. The molecule has 0 fully saturated rings. The predicted molar refractivity (Wildman–Crippen MR) is 136 cm³/mol. The molecule has 1 amide bonds. The molecule has 152 valence electrons. The first-order valence-corrected chi connectivity index (χ1v) is 11.4. The molecule has 2 N–H and O–H groups in total. The van der Waals surface area contributed by atoms with Crippen LogP contribution >= 0.6 is 45.2 Å². The summed E-state index contributed by atoms with van der Waals surface area (Å²) in [6.07, 6.45) is 0. The Morgan fingerprint density at radius 1 is 1.03 bits per heavy atom. The van der Waals surface area contributed by atoms with E-state index in [2.05, 4.69) is 34.0 Å². The first-order chi connectivity index (χ1) is 14.2. The van der Waals surface area contributed by atoms with Crippen LogP contribution in [0.5, 0.6) is 5.75 Å². The van der Waals surface area contributed by atoms with E-state index in [9.17, 15) is 15.2 Å². The Morgan fingerprint density at radius 2 is 1.70 bits per heavy atom. The van der Waals surface area contributed by atoms with Crippen molar-refractivity contribution in [2.24, 2.45) is 0 Å². The summed E-state index contributed by atoms with van der Waals surface area (Å²) in [4.78, 5) is 12.8. The van der Waals surface area contributed by atoms with Crippen LogP contribution in [0.4, 0.5) is 5.69 Å². The van der Waals surface area contributed by atoms with Crippen LogP contribution in [0.25, 0.3) is 0 Å². The minimum Gasteiger partial charge on any atom is -0.506 e. The summed E-state index contributed by atoms with van der Waals surface area (Å²) in [5, 5.41) is 23.0. The number of aromatic hydroxyl groups is 1. The second kappa shape index (κ2) is 9.35. The van der Waals surface area contributed by atoms with Gasteiger partial charge in [-0.25, -0.2) is 0 Å². The van der Waals surface area contributed by atoms with Gasteiger partial charge < -0.3 is 10.4 Å². The lowest BCUT2D eigenvalue weighted by atomic mass is 9.88. The van der Waals surface area contributed by atoms with E-state index in [0.29, 0.717) is 9.26 Å². The second-order valence-corrected chi connectivity index (χ2v) is 9.64. The number of anilines is 1. The SMILES string of the molecule is Cc1ccc(C(C#N)c2cc(C)c(NC(=O)c3cc(I)cc(I)c3O)cc2C)cc1. The molecule has 0 heterocycles. The summed E-state index contributed by atoms with van der Waals surface area (Å²) in [6, 6.07) is 17.7. The van der Waals surface area contributed by atoms with Gasteiger partial charge in [0.1, 0.15) is 5.75 Å². The maximum Gasteiger partial charge on any atom is 0.259 e. The van der Waals surface area contributed by atoms with E-state index < -0.39 is 0 Å². The number of nitrogens with zero attached hydrogens (tertiary/aromatic N) is 1. The minimum absolute atomic E-state index is 0.0246. The van der Waals surface area contributed by atoms with Gasteiger partial charge in [0.05, 0.1) is 21.1 Å². The predicted octanol–water partition coefficient (Wildman–Crippen LogP) is 6.43. The molecule has 0 bridgehead atoms. The van der Waals surface area contributed by atoms with Crippen molar-refractivity contribution in [1.29, 1.82) is 5.26 Å². The molecular weight excluding hydrogens is 602 g/mol. The highest BCUT2D eigenvalue weighted by Gasteiger charge is 2.20. The van der Waals surface area contributed by atoms with Crippen molar-refractivity contribution >= 4 is 56.8 Å². The number of phenolic OH excluding ortho intramolecular Hbond substituents is 1. The van der Waals surface area contributed by atoms with Gasteiger partial charge in [0.2, 0.25) is 0 Å². The topological polar surface area (TPSA) is 73.1 Å². The summed E-state index contributed by atoms with van der Waals surface area (Å²) in [5.41, 5.74) is 5.69. The van der Waals surface area contributed by atoms with Gasteiger partial charge in [-0.3, -0.25) is 4.79 Å². The Bertz CT molecular complexity index is 1170. The van der Waals surface area contributed by atoms with Gasteiger partial charge in [0.25, 0.3) is 5.91 Å². The monoisotopic (exact) mass is 622 g/mol. The van der Waals surface area contributed by atoms with Crippen molar-refractivity contribution < 1.29 is 9.90 Å². The number of rotatable bonds is 4. The summed E-state index contributed by atoms with van der Waals surface area (Å²) < 4.78 is 1.50. The number of hydrogen-bond acceptors (Lipinski definition) is 3. The van der Waals surface area contributed by atoms with Gasteiger partial charge in [-0.1, -0.05) is 35.9 Å². The lowest BCUT2D eigenvalue weighted by Gasteiger charge is -2.17. The van der Waals surface area contributed by atoms with Gasteiger partial charge in [-0.15, -0.1) is 0 Å². The number of amides is 1. The van der Waals surface area contributed by atoms with Crippen molar-refractivity contribution in [3.8, 4) is 11.8 Å². The van der Waals surface area contributed by atoms with Crippen LogP contribution in [0, 0.1) is 39.2 Å². The van der Waals surface area contributed by atoms with E-state index >= 15 is 0 Å². The van der Waals surface area contributed by atoms with Crippen LogP contribution in [0.2, 0.25) is 0 Å². The lowest BCUT2D eigenvalue weighted by molar-refractivity contribution is 0.102. The number of phenols is 1. The second-order valence-electron chi connectivity index (χ2n) is 7.23. The number of nitrogens with one attached hydrogen (secondary N) is 1. The van der Waals surface area contributed by atoms with E-state index in [1.165, 1.54) is 0 Å². The highest BCUT2D eigenvalue weighted by atomic mass is 127. The summed E-state index contributed by atoms with van der Waals surface area (Å²) in [7, 11) is 0. The molecule has 3 aromatic carbocycles. The van der Waals surface area contributed by atoms with Crippen LogP contribution in [-0.2, 0) is 0 Å². The molecule has 0 aliphatic heterocycles. The number of halogens is 2. The highest BCUT2D eigenvalue weighted by Crippen LogP contribution is 2.32. The van der Waals surface area contributed by atoms with Crippen molar-refractivity contribution in [1.82, 2.24) is 0 Å². The zero-order valence-electron chi connectivity index (χ0n) is 16.8. The van der Waals surface area contributed by atoms with E-state index in [1.54, 1.807) is 6.07 Å². The number of hydrogen-bond donors (Lipinski definition) is 2. The first kappa shape index (κ1) is 22.6. The van der Waals surface area contributed by atoms with Crippen LogP contribution in [-0.4, -0.2) is 11.0 Å². The van der Waals surface area contributed by atoms with E-state index in [1.807, 2.05) is 85.8 Å². The van der Waals surface area contributed by atoms with Gasteiger partial charge in [-0.2, -0.15) is 5.26 Å². The standard InChI is InChI=1S/C24H20I2N2O2/c1-13-4-6-16(7-5-13)20(12-27)18-8-15(3)22(9-14(18)2)28-24(30)19-10-17(25)11-21(26)23(19)29/h4-11,20,29H,1-3H3,(H,28,30). The molecule has 30 heavy (non-hydrogen) atoms. The van der Waals surface area contributed by atoms with Crippen LogP contribution in [0.3, 0.4) is 0 Å². The third-order valence-electron chi connectivity index (χ3n) is 4.98. The number of nitriles is 1. The van der Waals surface area contributed by atoms with E-state index in [-0.39, 0.29) is 23.1 Å². The summed E-state index contributed by atoms with van der Waals surface area (Å²) in [6.45, 7) is 5.86. The summed E-state index contributed by atoms with van der Waals surface area (Å²) >= 11 is 4.13. The zero-order valence-corrected chi connectivity index (χ0v) is 21.1. The van der Waals surface area contributed by atoms with Crippen LogP contribution in [0.15, 0.2) is 48.5 Å². The smallest absolute Gasteiger partial charge is 0.259 e. The van der Waals surface area contributed by atoms with E-state index in [0.717, 1.165) is 31.4 Å². The van der Waals surface area contributed by atoms with Gasteiger partial charge in [0, 0.05) is 9.26 Å². The molecule has 0 saturated heterocycles. The van der Waals surface area contributed by atoms with Crippen molar-refractivity contribution in [3.05, 3.63) is 89.1 Å². The van der Waals surface area contributed by atoms with E-state index in [4.69, 9.17) is 0 Å². The fourth-order valence-electron chi connectivity index (χ4n) is 3.30. The Hall–Kier alpha value is -2.12. The molecule has 0 radical (unpaired) electrons. The molecule has 4 nitrogen and oxygen atoms in total. The zero-order chi connectivity index (χ0) is 22.0. The minimum atomic E-state index is -0.379. The van der Waals surface area contributed by atoms with Crippen molar-refractivity contribution in [3.63, 3.8) is 0 Å². The fourth-order valence-corrected chi connectivity index (χ4v) is 5.14. The molecule has 1 unspecified atom stereocenters. The molecule has 3 aromatic rings. The highest BCUT2D eigenvalue weighted by molar-refractivity contribution is 14.1. The third-order valence-corrected chi connectivity index (χ3v) is 6.43. The Kier molecular flexibility index (Phi) is 7.03. The Labute approximate surface area is 203 Å². The quantitative estimate of drug-likeness (QED) is 0.330. The molecule has 0 aromatic heterocycles. The van der Waals surface area contributed by atoms with Crippen molar-refractivity contribution in [2.45, 2.75) is 26.7 Å².